The summed E-state index contributed by atoms with van der Waals surface area (Å²) in [5.41, 5.74) is 8.41. The van der Waals surface area contributed by atoms with E-state index >= 15 is 0 Å². The van der Waals surface area contributed by atoms with Gasteiger partial charge < -0.3 is 11.1 Å². The van der Waals surface area contributed by atoms with Gasteiger partial charge in [-0.15, -0.1) is 0 Å². The van der Waals surface area contributed by atoms with E-state index in [0.29, 0.717) is 4.99 Å². The van der Waals surface area contributed by atoms with Crippen LogP contribution in [0.4, 0.5) is 11.4 Å². The van der Waals surface area contributed by atoms with E-state index in [1.807, 2.05) is 42.5 Å². The van der Waals surface area contributed by atoms with E-state index in [0.717, 1.165) is 25.9 Å². The van der Waals surface area contributed by atoms with Crippen LogP contribution in [0.1, 0.15) is 5.56 Å². The zero-order chi connectivity index (χ0) is 13.1. The summed E-state index contributed by atoms with van der Waals surface area (Å²) in [6.45, 7) is 0. The molecule has 0 aliphatic heterocycles. The third kappa shape index (κ3) is 3.31. The maximum atomic E-state index is 5.59. The number of halogens is 2. The van der Waals surface area contributed by atoms with Gasteiger partial charge in [0.2, 0.25) is 0 Å². The fourth-order valence-corrected chi connectivity index (χ4v) is 2.50. The van der Waals surface area contributed by atoms with Crippen molar-refractivity contribution in [2.24, 2.45) is 5.73 Å². The van der Waals surface area contributed by atoms with Crippen molar-refractivity contribution in [3.63, 3.8) is 0 Å². The molecule has 0 aliphatic carbocycles. The molecule has 0 aliphatic rings. The lowest BCUT2D eigenvalue weighted by Crippen LogP contribution is -2.09. The largest absolute Gasteiger partial charge is 0.389 e. The van der Waals surface area contributed by atoms with Crippen molar-refractivity contribution in [3.05, 3.63) is 57.0 Å². The summed E-state index contributed by atoms with van der Waals surface area (Å²) in [5.74, 6) is 0. The molecule has 5 heteroatoms. The van der Waals surface area contributed by atoms with Crippen molar-refractivity contribution in [3.8, 4) is 0 Å². The second-order valence-corrected chi connectivity index (χ2v) is 5.90. The number of hydrogen-bond donors (Lipinski definition) is 2. The van der Waals surface area contributed by atoms with Gasteiger partial charge in [0.25, 0.3) is 0 Å². The number of anilines is 2. The second kappa shape index (κ2) is 5.82. The highest BCUT2D eigenvalue weighted by Crippen LogP contribution is 2.28. The smallest absolute Gasteiger partial charge is 0.104 e. The van der Waals surface area contributed by atoms with Gasteiger partial charge in [0.15, 0.2) is 0 Å². The van der Waals surface area contributed by atoms with Gasteiger partial charge >= 0.3 is 0 Å². The van der Waals surface area contributed by atoms with Crippen molar-refractivity contribution >= 4 is 60.4 Å². The fraction of sp³-hybridized carbons (Fsp3) is 0. The number of nitrogens with two attached hydrogens (primary N) is 1. The molecule has 18 heavy (non-hydrogen) atoms. The first kappa shape index (κ1) is 13.5. The minimum absolute atomic E-state index is 0.393. The average molecular weight is 386 g/mol. The maximum absolute atomic E-state index is 5.59. The minimum atomic E-state index is 0.393. The van der Waals surface area contributed by atoms with Crippen molar-refractivity contribution in [2.45, 2.75) is 0 Å². The Kier molecular flexibility index (Phi) is 4.37. The number of benzene rings is 2. The van der Waals surface area contributed by atoms with Crippen LogP contribution in [-0.4, -0.2) is 4.99 Å². The number of nitrogens with one attached hydrogen (secondary N) is 1. The maximum Gasteiger partial charge on any atom is 0.104 e. The summed E-state index contributed by atoms with van der Waals surface area (Å²) in [7, 11) is 0. The summed E-state index contributed by atoms with van der Waals surface area (Å²) >= 11 is 11.9. The van der Waals surface area contributed by atoms with Gasteiger partial charge in [-0.3, -0.25) is 0 Å². The molecule has 0 fully saturated rings. The van der Waals surface area contributed by atoms with Crippen LogP contribution in [0.25, 0.3) is 0 Å². The van der Waals surface area contributed by atoms with Crippen LogP contribution in [0.2, 0.25) is 0 Å². The Labute approximate surface area is 128 Å². The highest BCUT2D eigenvalue weighted by molar-refractivity contribution is 9.10. The van der Waals surface area contributed by atoms with Crippen molar-refractivity contribution in [1.82, 2.24) is 0 Å². The molecule has 0 aromatic heterocycles. The molecular weight excluding hydrogens is 376 g/mol. The first-order valence-corrected chi connectivity index (χ1v) is 7.17. The molecule has 0 atom stereocenters. The molecule has 0 bridgehead atoms. The van der Waals surface area contributed by atoms with Crippen LogP contribution in [0.5, 0.6) is 0 Å². The Morgan fingerprint density at radius 2 is 1.89 bits per heavy atom. The van der Waals surface area contributed by atoms with E-state index in [-0.39, 0.29) is 0 Å². The SMILES string of the molecule is NC(=S)c1ccc(Nc2cccc(Br)c2)c(Br)c1. The third-order valence-corrected chi connectivity index (χ3v) is 3.74. The van der Waals surface area contributed by atoms with E-state index in [1.165, 1.54) is 0 Å². The van der Waals surface area contributed by atoms with Crippen LogP contribution in [-0.2, 0) is 0 Å². The molecule has 2 aromatic rings. The van der Waals surface area contributed by atoms with E-state index in [9.17, 15) is 0 Å². The Morgan fingerprint density at radius 1 is 1.11 bits per heavy atom. The van der Waals surface area contributed by atoms with Crippen LogP contribution >= 0.6 is 44.1 Å². The number of thiocarbonyl (C=S) groups is 1. The topological polar surface area (TPSA) is 38.0 Å². The molecule has 0 saturated carbocycles. The Morgan fingerprint density at radius 3 is 2.50 bits per heavy atom. The molecule has 0 heterocycles. The third-order valence-electron chi connectivity index (χ3n) is 2.36. The molecule has 0 saturated heterocycles. The summed E-state index contributed by atoms with van der Waals surface area (Å²) in [5, 5.41) is 3.32. The van der Waals surface area contributed by atoms with Crippen LogP contribution in [0, 0.1) is 0 Å². The lowest BCUT2D eigenvalue weighted by Gasteiger charge is -2.10. The average Bonchev–Trinajstić information content (AvgIpc) is 2.31. The van der Waals surface area contributed by atoms with Crippen molar-refractivity contribution in [2.75, 3.05) is 5.32 Å². The van der Waals surface area contributed by atoms with E-state index < -0.39 is 0 Å². The molecule has 0 spiro atoms. The predicted molar refractivity (Wildman–Crippen MR) is 87.5 cm³/mol. The summed E-state index contributed by atoms with van der Waals surface area (Å²) < 4.78 is 1.95. The summed E-state index contributed by atoms with van der Waals surface area (Å²) in [6.07, 6.45) is 0. The minimum Gasteiger partial charge on any atom is -0.389 e. The first-order valence-electron chi connectivity index (χ1n) is 5.18. The predicted octanol–water partition coefficient (Wildman–Crippen LogP) is 4.59. The van der Waals surface area contributed by atoms with E-state index in [4.69, 9.17) is 18.0 Å². The van der Waals surface area contributed by atoms with Gasteiger partial charge in [-0.1, -0.05) is 34.2 Å². The molecule has 0 radical (unpaired) electrons. The first-order chi connectivity index (χ1) is 8.56. The Hall–Kier alpha value is -0.910. The number of rotatable bonds is 3. The normalized spacial score (nSPS) is 10.1. The molecule has 0 unspecified atom stereocenters. The quantitative estimate of drug-likeness (QED) is 0.759. The summed E-state index contributed by atoms with van der Waals surface area (Å²) in [4.78, 5) is 0.393. The van der Waals surface area contributed by atoms with Gasteiger partial charge in [-0.25, -0.2) is 0 Å². The molecule has 2 aromatic carbocycles. The molecule has 2 nitrogen and oxygen atoms in total. The van der Waals surface area contributed by atoms with Gasteiger partial charge in [0.1, 0.15) is 4.99 Å². The van der Waals surface area contributed by atoms with E-state index in [1.54, 1.807) is 0 Å². The fourth-order valence-electron chi connectivity index (χ4n) is 1.49. The standard InChI is InChI=1S/C13H10Br2N2S/c14-9-2-1-3-10(7-9)17-12-5-4-8(13(16)18)6-11(12)15/h1-7,17H,(H2,16,18). The highest BCUT2D eigenvalue weighted by atomic mass is 79.9. The molecular formula is C13H10Br2N2S. The van der Waals surface area contributed by atoms with E-state index in [2.05, 4.69) is 37.2 Å². The molecule has 2 rings (SSSR count). The molecule has 92 valence electrons. The van der Waals surface area contributed by atoms with Crippen LogP contribution in [0.15, 0.2) is 51.4 Å². The van der Waals surface area contributed by atoms with Crippen LogP contribution in [0.3, 0.4) is 0 Å². The van der Waals surface area contributed by atoms with Gasteiger partial charge in [-0.05, 0) is 52.3 Å². The van der Waals surface area contributed by atoms with Crippen LogP contribution < -0.4 is 11.1 Å². The van der Waals surface area contributed by atoms with Crippen molar-refractivity contribution in [1.29, 1.82) is 0 Å². The zero-order valence-corrected chi connectivity index (χ0v) is 13.3. The lowest BCUT2D eigenvalue weighted by molar-refractivity contribution is 1.50. The molecule has 0 amide bonds. The monoisotopic (exact) mass is 384 g/mol. The van der Waals surface area contributed by atoms with Crippen molar-refractivity contribution < 1.29 is 0 Å². The summed E-state index contributed by atoms with van der Waals surface area (Å²) in [6, 6.07) is 13.7. The Bertz CT molecular complexity index is 599. The Balaban J connectivity index is 2.27. The number of hydrogen-bond acceptors (Lipinski definition) is 2. The molecule has 3 N–H and O–H groups in total. The van der Waals surface area contributed by atoms with Gasteiger partial charge in [-0.2, -0.15) is 0 Å². The highest BCUT2D eigenvalue weighted by Gasteiger charge is 2.04. The second-order valence-electron chi connectivity index (χ2n) is 3.69. The lowest BCUT2D eigenvalue weighted by atomic mass is 10.2. The van der Waals surface area contributed by atoms with Gasteiger partial charge in [0, 0.05) is 20.2 Å². The van der Waals surface area contributed by atoms with Gasteiger partial charge in [0.05, 0.1) is 5.69 Å². The zero-order valence-electron chi connectivity index (χ0n) is 9.28.